The fraction of sp³-hybridized carbons (Fsp3) is 0.467. The number of hydrogen-bond acceptors (Lipinski definition) is 2. The number of rotatable bonds is 5. The van der Waals surface area contributed by atoms with E-state index in [-0.39, 0.29) is 12.3 Å². The molecule has 4 heteroatoms. The van der Waals surface area contributed by atoms with Crippen molar-refractivity contribution < 1.29 is 14.7 Å². The van der Waals surface area contributed by atoms with Gasteiger partial charge in [-0.1, -0.05) is 30.3 Å². The van der Waals surface area contributed by atoms with Gasteiger partial charge >= 0.3 is 5.97 Å². The van der Waals surface area contributed by atoms with Crippen molar-refractivity contribution in [1.82, 2.24) is 4.90 Å². The first-order chi connectivity index (χ1) is 9.15. The summed E-state index contributed by atoms with van der Waals surface area (Å²) in [6, 6.07) is 9.71. The molecule has 1 fully saturated rings. The molecule has 102 valence electrons. The molecular weight excluding hydrogens is 242 g/mol. The molecule has 0 saturated carbocycles. The van der Waals surface area contributed by atoms with Gasteiger partial charge in [-0.15, -0.1) is 0 Å². The van der Waals surface area contributed by atoms with Crippen LogP contribution in [-0.4, -0.2) is 35.0 Å². The topological polar surface area (TPSA) is 57.6 Å². The fourth-order valence-electron chi connectivity index (χ4n) is 2.50. The monoisotopic (exact) mass is 261 g/mol. The molecule has 0 aliphatic carbocycles. The molecule has 19 heavy (non-hydrogen) atoms. The molecule has 1 aliphatic rings. The number of aliphatic carboxylic acids is 1. The zero-order valence-electron chi connectivity index (χ0n) is 10.9. The summed E-state index contributed by atoms with van der Waals surface area (Å²) in [6.45, 7) is 1.47. The van der Waals surface area contributed by atoms with Gasteiger partial charge in [0, 0.05) is 19.5 Å². The van der Waals surface area contributed by atoms with E-state index in [1.54, 1.807) is 0 Å². The summed E-state index contributed by atoms with van der Waals surface area (Å²) in [6.07, 6.45) is 2.23. The van der Waals surface area contributed by atoms with E-state index in [0.717, 1.165) is 18.5 Å². The zero-order valence-corrected chi connectivity index (χ0v) is 10.9. The Morgan fingerprint density at radius 2 is 2.00 bits per heavy atom. The van der Waals surface area contributed by atoms with E-state index in [0.29, 0.717) is 25.3 Å². The molecule has 1 heterocycles. The molecule has 2 rings (SSSR count). The van der Waals surface area contributed by atoms with Gasteiger partial charge in [-0.2, -0.15) is 0 Å². The van der Waals surface area contributed by atoms with E-state index in [4.69, 9.17) is 5.11 Å². The van der Waals surface area contributed by atoms with Crippen LogP contribution in [0.25, 0.3) is 0 Å². The SMILES string of the molecule is O=C(O)CCC1CCN(C(=O)Cc2ccccc2)C1. The van der Waals surface area contributed by atoms with E-state index in [1.807, 2.05) is 35.2 Å². The predicted octanol–water partition coefficient (Wildman–Crippen LogP) is 1.94. The number of likely N-dealkylation sites (tertiary alicyclic amines) is 1. The third kappa shape index (κ3) is 4.09. The molecule has 1 aromatic rings. The number of carboxylic acid groups (broad SMARTS) is 1. The Labute approximate surface area is 113 Å². The Morgan fingerprint density at radius 1 is 1.26 bits per heavy atom. The van der Waals surface area contributed by atoms with Crippen LogP contribution < -0.4 is 0 Å². The molecular formula is C15H19NO3. The van der Waals surface area contributed by atoms with Crippen molar-refractivity contribution in [1.29, 1.82) is 0 Å². The normalized spacial score (nSPS) is 18.5. The average molecular weight is 261 g/mol. The highest BCUT2D eigenvalue weighted by Crippen LogP contribution is 2.21. The number of carboxylic acids is 1. The van der Waals surface area contributed by atoms with Crippen LogP contribution in [0.4, 0.5) is 0 Å². The summed E-state index contributed by atoms with van der Waals surface area (Å²) in [5.41, 5.74) is 1.03. The van der Waals surface area contributed by atoms with Gasteiger partial charge in [-0.05, 0) is 24.3 Å². The molecule has 0 aromatic heterocycles. The van der Waals surface area contributed by atoms with Gasteiger partial charge in [0.05, 0.1) is 6.42 Å². The maximum atomic E-state index is 12.1. The molecule has 1 amide bonds. The van der Waals surface area contributed by atoms with Crippen molar-refractivity contribution in [2.24, 2.45) is 5.92 Å². The maximum Gasteiger partial charge on any atom is 0.303 e. The fourth-order valence-corrected chi connectivity index (χ4v) is 2.50. The lowest BCUT2D eigenvalue weighted by Gasteiger charge is -2.16. The summed E-state index contributed by atoms with van der Waals surface area (Å²) in [4.78, 5) is 24.5. The highest BCUT2D eigenvalue weighted by atomic mass is 16.4. The van der Waals surface area contributed by atoms with Crippen LogP contribution in [0.3, 0.4) is 0 Å². The van der Waals surface area contributed by atoms with E-state index < -0.39 is 5.97 Å². The smallest absolute Gasteiger partial charge is 0.303 e. The number of hydrogen-bond donors (Lipinski definition) is 1. The van der Waals surface area contributed by atoms with Crippen molar-refractivity contribution in [3.8, 4) is 0 Å². The van der Waals surface area contributed by atoms with Crippen molar-refractivity contribution in [2.75, 3.05) is 13.1 Å². The highest BCUT2D eigenvalue weighted by molar-refractivity contribution is 5.79. The van der Waals surface area contributed by atoms with Crippen LogP contribution in [0.2, 0.25) is 0 Å². The second-order valence-corrected chi connectivity index (χ2v) is 5.09. The summed E-state index contributed by atoms with van der Waals surface area (Å²) >= 11 is 0. The van der Waals surface area contributed by atoms with E-state index in [2.05, 4.69) is 0 Å². The van der Waals surface area contributed by atoms with E-state index in [9.17, 15) is 9.59 Å². The van der Waals surface area contributed by atoms with Crippen LogP contribution in [0, 0.1) is 5.92 Å². The number of nitrogens with zero attached hydrogens (tertiary/aromatic N) is 1. The molecule has 4 nitrogen and oxygen atoms in total. The van der Waals surface area contributed by atoms with Gasteiger partial charge in [0.2, 0.25) is 5.91 Å². The Kier molecular flexibility index (Phi) is 4.55. The molecule has 1 aliphatic heterocycles. The maximum absolute atomic E-state index is 12.1. The summed E-state index contributed by atoms with van der Waals surface area (Å²) in [7, 11) is 0. The van der Waals surface area contributed by atoms with Crippen LogP contribution in [0.15, 0.2) is 30.3 Å². The predicted molar refractivity (Wildman–Crippen MR) is 71.7 cm³/mol. The molecule has 1 N–H and O–H groups in total. The molecule has 1 aromatic carbocycles. The van der Waals surface area contributed by atoms with Crippen LogP contribution in [-0.2, 0) is 16.0 Å². The lowest BCUT2D eigenvalue weighted by molar-refractivity contribution is -0.137. The Balaban J connectivity index is 1.80. The molecule has 1 unspecified atom stereocenters. The Hall–Kier alpha value is -1.84. The number of amides is 1. The zero-order chi connectivity index (χ0) is 13.7. The lowest BCUT2D eigenvalue weighted by atomic mass is 10.0. The Morgan fingerprint density at radius 3 is 2.68 bits per heavy atom. The van der Waals surface area contributed by atoms with Gasteiger partial charge in [-0.3, -0.25) is 9.59 Å². The first-order valence-corrected chi connectivity index (χ1v) is 6.68. The summed E-state index contributed by atoms with van der Waals surface area (Å²) < 4.78 is 0. The lowest BCUT2D eigenvalue weighted by Crippen LogP contribution is -2.30. The summed E-state index contributed by atoms with van der Waals surface area (Å²) in [5.74, 6) is -0.270. The molecule has 0 radical (unpaired) electrons. The van der Waals surface area contributed by atoms with E-state index >= 15 is 0 Å². The standard InChI is InChI=1S/C15H19NO3/c17-14(10-12-4-2-1-3-5-12)16-9-8-13(11-16)6-7-15(18)19/h1-5,13H,6-11H2,(H,18,19). The van der Waals surface area contributed by atoms with Crippen LogP contribution >= 0.6 is 0 Å². The van der Waals surface area contributed by atoms with Crippen molar-refractivity contribution >= 4 is 11.9 Å². The molecule has 1 saturated heterocycles. The number of carbonyl (C=O) groups is 2. The summed E-state index contributed by atoms with van der Waals surface area (Å²) in [5, 5.41) is 8.66. The van der Waals surface area contributed by atoms with Crippen molar-refractivity contribution in [3.63, 3.8) is 0 Å². The number of benzene rings is 1. The molecule has 1 atom stereocenters. The first kappa shape index (κ1) is 13.6. The van der Waals surface area contributed by atoms with Crippen molar-refractivity contribution in [3.05, 3.63) is 35.9 Å². The first-order valence-electron chi connectivity index (χ1n) is 6.68. The van der Waals surface area contributed by atoms with Crippen LogP contribution in [0.5, 0.6) is 0 Å². The third-order valence-corrected chi connectivity index (χ3v) is 3.60. The largest absolute Gasteiger partial charge is 0.481 e. The van der Waals surface area contributed by atoms with Crippen molar-refractivity contribution in [2.45, 2.75) is 25.7 Å². The van der Waals surface area contributed by atoms with E-state index in [1.165, 1.54) is 0 Å². The minimum Gasteiger partial charge on any atom is -0.481 e. The second kappa shape index (κ2) is 6.36. The Bertz CT molecular complexity index is 444. The minimum absolute atomic E-state index is 0.143. The molecule has 0 bridgehead atoms. The quantitative estimate of drug-likeness (QED) is 0.881. The van der Waals surface area contributed by atoms with Gasteiger partial charge in [0.15, 0.2) is 0 Å². The van der Waals surface area contributed by atoms with Gasteiger partial charge < -0.3 is 10.0 Å². The van der Waals surface area contributed by atoms with Crippen LogP contribution in [0.1, 0.15) is 24.8 Å². The highest BCUT2D eigenvalue weighted by Gasteiger charge is 2.26. The third-order valence-electron chi connectivity index (χ3n) is 3.60. The van der Waals surface area contributed by atoms with Gasteiger partial charge in [-0.25, -0.2) is 0 Å². The minimum atomic E-state index is -0.755. The van der Waals surface area contributed by atoms with Gasteiger partial charge in [0.1, 0.15) is 0 Å². The molecule has 0 spiro atoms. The average Bonchev–Trinajstić information content (AvgIpc) is 2.86. The second-order valence-electron chi connectivity index (χ2n) is 5.09. The van der Waals surface area contributed by atoms with Gasteiger partial charge in [0.25, 0.3) is 0 Å². The number of carbonyl (C=O) groups excluding carboxylic acids is 1.